The van der Waals surface area contributed by atoms with Crippen LogP contribution >= 0.6 is 0 Å². The third-order valence-corrected chi connectivity index (χ3v) is 4.27. The van der Waals surface area contributed by atoms with Crippen molar-refractivity contribution in [2.24, 2.45) is 0 Å². The third kappa shape index (κ3) is 2.65. The zero-order valence-corrected chi connectivity index (χ0v) is 11.4. The maximum atomic E-state index is 13.8. The second kappa shape index (κ2) is 5.83. The number of carbonyl (C=O) groups excluding carboxylic acids is 1. The van der Waals surface area contributed by atoms with E-state index in [-0.39, 0.29) is 11.9 Å². The van der Waals surface area contributed by atoms with Gasteiger partial charge in [-0.2, -0.15) is 0 Å². The molecular weight excluding hydrogens is 259 g/mol. The second-order valence-electron chi connectivity index (χ2n) is 5.44. The summed E-state index contributed by atoms with van der Waals surface area (Å²) in [5.74, 6) is -0.0599. The molecule has 2 atom stereocenters. The van der Waals surface area contributed by atoms with Crippen molar-refractivity contribution in [3.63, 3.8) is 0 Å². The number of nitrogens with zero attached hydrogens (tertiary/aromatic N) is 4. The maximum absolute atomic E-state index is 13.8. The smallest absolute Gasteiger partial charge is 0.272 e. The number of carbonyl (C=O) groups is 1. The van der Waals surface area contributed by atoms with Crippen molar-refractivity contribution in [3.8, 4) is 0 Å². The summed E-state index contributed by atoms with van der Waals surface area (Å²) in [4.78, 5) is 24.0. The molecule has 1 aromatic rings. The van der Waals surface area contributed by atoms with Crippen molar-refractivity contribution < 1.29 is 9.18 Å². The Morgan fingerprint density at radius 3 is 2.65 bits per heavy atom. The molecule has 1 aromatic heterocycles. The van der Waals surface area contributed by atoms with Crippen LogP contribution < -0.4 is 0 Å². The van der Waals surface area contributed by atoms with Gasteiger partial charge >= 0.3 is 0 Å². The Bertz CT molecular complexity index is 462. The zero-order chi connectivity index (χ0) is 13.9. The van der Waals surface area contributed by atoms with E-state index in [1.165, 1.54) is 6.33 Å². The fourth-order valence-corrected chi connectivity index (χ4v) is 3.14. The van der Waals surface area contributed by atoms with Gasteiger partial charge in [-0.3, -0.25) is 9.69 Å². The summed E-state index contributed by atoms with van der Waals surface area (Å²) in [5, 5.41) is 0. The van der Waals surface area contributed by atoms with Crippen molar-refractivity contribution >= 4 is 5.91 Å². The Morgan fingerprint density at radius 2 is 2.05 bits per heavy atom. The van der Waals surface area contributed by atoms with Crippen molar-refractivity contribution in [3.05, 3.63) is 24.3 Å². The van der Waals surface area contributed by atoms with E-state index in [1.54, 1.807) is 17.2 Å². The van der Waals surface area contributed by atoms with Crippen LogP contribution in [0.5, 0.6) is 0 Å². The standard InChI is InChI=1S/C14H19FN4O/c15-11-2-1-3-13(11)18-6-8-19(9-7-18)14(20)12-4-5-16-10-17-12/h4-5,10-11,13H,1-3,6-9H2. The lowest BCUT2D eigenvalue weighted by molar-refractivity contribution is 0.0483. The summed E-state index contributed by atoms with van der Waals surface area (Å²) in [6.07, 6.45) is 4.87. The van der Waals surface area contributed by atoms with E-state index in [1.807, 2.05) is 0 Å². The fourth-order valence-electron chi connectivity index (χ4n) is 3.14. The highest BCUT2D eigenvalue weighted by Gasteiger charge is 2.34. The largest absolute Gasteiger partial charge is 0.335 e. The van der Waals surface area contributed by atoms with Crippen LogP contribution in [-0.4, -0.2) is 64.1 Å². The number of alkyl halides is 1. The monoisotopic (exact) mass is 278 g/mol. The summed E-state index contributed by atoms with van der Waals surface area (Å²) in [5.41, 5.74) is 0.428. The van der Waals surface area contributed by atoms with Gasteiger partial charge in [0.1, 0.15) is 18.2 Å². The quantitative estimate of drug-likeness (QED) is 0.813. The first-order chi connectivity index (χ1) is 9.75. The first-order valence-electron chi connectivity index (χ1n) is 7.19. The molecule has 6 heteroatoms. The molecule has 0 N–H and O–H groups in total. The highest BCUT2D eigenvalue weighted by molar-refractivity contribution is 5.92. The molecule has 5 nitrogen and oxygen atoms in total. The minimum Gasteiger partial charge on any atom is -0.335 e. The van der Waals surface area contributed by atoms with Gasteiger partial charge in [0.25, 0.3) is 5.91 Å². The molecule has 0 spiro atoms. The Balaban J connectivity index is 1.57. The molecular formula is C14H19FN4O. The average molecular weight is 278 g/mol. The molecule has 2 unspecified atom stereocenters. The van der Waals surface area contributed by atoms with E-state index in [0.717, 1.165) is 25.9 Å². The van der Waals surface area contributed by atoms with E-state index in [0.29, 0.717) is 25.2 Å². The number of hydrogen-bond acceptors (Lipinski definition) is 4. The van der Waals surface area contributed by atoms with E-state index in [2.05, 4.69) is 14.9 Å². The van der Waals surface area contributed by atoms with Gasteiger partial charge in [0.15, 0.2) is 0 Å². The van der Waals surface area contributed by atoms with E-state index in [9.17, 15) is 9.18 Å². The molecule has 2 heterocycles. The van der Waals surface area contributed by atoms with E-state index < -0.39 is 6.17 Å². The summed E-state index contributed by atoms with van der Waals surface area (Å²) in [6, 6.07) is 1.69. The first-order valence-corrected chi connectivity index (χ1v) is 7.19. The molecule has 0 bridgehead atoms. The van der Waals surface area contributed by atoms with Gasteiger partial charge in [0.05, 0.1) is 0 Å². The van der Waals surface area contributed by atoms with Crippen molar-refractivity contribution in [1.29, 1.82) is 0 Å². The Labute approximate surface area is 117 Å². The van der Waals surface area contributed by atoms with Gasteiger partial charge in [-0.25, -0.2) is 14.4 Å². The van der Waals surface area contributed by atoms with Crippen LogP contribution in [0, 0.1) is 0 Å². The topological polar surface area (TPSA) is 49.3 Å². The summed E-state index contributed by atoms with van der Waals surface area (Å²) >= 11 is 0. The lowest BCUT2D eigenvalue weighted by Gasteiger charge is -2.38. The molecule has 108 valence electrons. The second-order valence-corrected chi connectivity index (χ2v) is 5.44. The Morgan fingerprint density at radius 1 is 1.25 bits per heavy atom. The number of halogens is 1. The summed E-state index contributed by atoms with van der Waals surface area (Å²) in [6.45, 7) is 2.79. The molecule has 1 aliphatic heterocycles. The Hall–Kier alpha value is -1.56. The van der Waals surface area contributed by atoms with E-state index in [4.69, 9.17) is 0 Å². The molecule has 3 rings (SSSR count). The van der Waals surface area contributed by atoms with Crippen LogP contribution in [0.2, 0.25) is 0 Å². The lowest BCUT2D eigenvalue weighted by Crippen LogP contribution is -2.53. The van der Waals surface area contributed by atoms with Crippen LogP contribution in [0.4, 0.5) is 4.39 Å². The van der Waals surface area contributed by atoms with Gasteiger partial charge in [0, 0.05) is 38.4 Å². The molecule has 20 heavy (non-hydrogen) atoms. The highest BCUT2D eigenvalue weighted by Crippen LogP contribution is 2.27. The van der Waals surface area contributed by atoms with Crippen LogP contribution in [0.3, 0.4) is 0 Å². The predicted octanol–water partition coefficient (Wildman–Crippen LogP) is 1.12. The molecule has 1 amide bonds. The number of aromatic nitrogens is 2. The van der Waals surface area contributed by atoms with Crippen molar-refractivity contribution in [2.45, 2.75) is 31.5 Å². The summed E-state index contributed by atoms with van der Waals surface area (Å²) < 4.78 is 13.8. The lowest BCUT2D eigenvalue weighted by atomic mass is 10.1. The predicted molar refractivity (Wildman–Crippen MR) is 72.0 cm³/mol. The third-order valence-electron chi connectivity index (χ3n) is 4.27. The fraction of sp³-hybridized carbons (Fsp3) is 0.643. The van der Waals surface area contributed by atoms with Gasteiger partial charge in [-0.1, -0.05) is 0 Å². The zero-order valence-electron chi connectivity index (χ0n) is 11.4. The first kappa shape index (κ1) is 13.4. The molecule has 1 aliphatic carbocycles. The minimum atomic E-state index is -0.695. The van der Waals surface area contributed by atoms with Crippen LogP contribution in [0.1, 0.15) is 29.8 Å². The molecule has 2 aliphatic rings. The van der Waals surface area contributed by atoms with E-state index >= 15 is 0 Å². The van der Waals surface area contributed by atoms with Gasteiger partial charge in [-0.15, -0.1) is 0 Å². The highest BCUT2D eigenvalue weighted by atomic mass is 19.1. The summed E-state index contributed by atoms with van der Waals surface area (Å²) in [7, 11) is 0. The van der Waals surface area contributed by atoms with Gasteiger partial charge in [0.2, 0.25) is 0 Å². The van der Waals surface area contributed by atoms with Crippen LogP contribution in [0.15, 0.2) is 18.6 Å². The number of piperazine rings is 1. The number of amides is 1. The number of rotatable bonds is 2. The molecule has 1 saturated carbocycles. The van der Waals surface area contributed by atoms with Crippen molar-refractivity contribution in [2.75, 3.05) is 26.2 Å². The Kier molecular flexibility index (Phi) is 3.91. The number of hydrogen-bond donors (Lipinski definition) is 0. The molecule has 0 aromatic carbocycles. The van der Waals surface area contributed by atoms with Gasteiger partial charge < -0.3 is 4.90 Å². The molecule has 2 fully saturated rings. The minimum absolute atomic E-state index is 0.0599. The SMILES string of the molecule is O=C(c1ccncn1)N1CCN(C2CCCC2F)CC1. The normalized spacial score (nSPS) is 27.8. The van der Waals surface area contributed by atoms with Gasteiger partial charge in [-0.05, 0) is 25.3 Å². The maximum Gasteiger partial charge on any atom is 0.272 e. The van der Waals surface area contributed by atoms with Crippen LogP contribution in [0.25, 0.3) is 0 Å². The molecule has 0 radical (unpaired) electrons. The average Bonchev–Trinajstić information content (AvgIpc) is 2.94. The van der Waals surface area contributed by atoms with Crippen LogP contribution in [-0.2, 0) is 0 Å². The van der Waals surface area contributed by atoms with Crippen molar-refractivity contribution in [1.82, 2.24) is 19.8 Å². The molecule has 1 saturated heterocycles.